The number of nitrogens with zero attached hydrogens (tertiary/aromatic N) is 1. The standard InChI is InChI=1S/C24H17Cl4NO3S/c1-33(31,18-7-3-16(25)4-8-18,19-9-5-17(26)6-10-19)14-23(30)22-13-24(32-29-22)15-2-11-20(27)21(28)12-15/h2-13H,14H2,1H3. The van der Waals surface area contributed by atoms with Crippen molar-refractivity contribution in [1.82, 2.24) is 5.16 Å². The molecule has 0 saturated heterocycles. The van der Waals surface area contributed by atoms with E-state index in [0.29, 0.717) is 41.2 Å². The van der Waals surface area contributed by atoms with Crippen LogP contribution in [0.15, 0.2) is 87.1 Å². The number of carbonyl (C=O) groups is 1. The summed E-state index contributed by atoms with van der Waals surface area (Å²) in [7, 11) is -3.90. The van der Waals surface area contributed by atoms with Crippen LogP contribution in [0.5, 0.6) is 0 Å². The molecule has 3 aromatic carbocycles. The monoisotopic (exact) mass is 539 g/mol. The molecule has 0 amide bonds. The Bertz CT molecular complexity index is 1360. The zero-order valence-corrected chi connectivity index (χ0v) is 21.1. The van der Waals surface area contributed by atoms with Crippen molar-refractivity contribution in [1.29, 1.82) is 0 Å². The lowest BCUT2D eigenvalue weighted by Gasteiger charge is -2.38. The van der Waals surface area contributed by atoms with E-state index in [1.54, 1.807) is 73.0 Å². The predicted molar refractivity (Wildman–Crippen MR) is 135 cm³/mol. The van der Waals surface area contributed by atoms with Crippen LogP contribution in [0.4, 0.5) is 0 Å². The average molecular weight is 541 g/mol. The van der Waals surface area contributed by atoms with Crippen molar-refractivity contribution in [3.05, 3.63) is 98.6 Å². The molecular weight excluding hydrogens is 524 g/mol. The van der Waals surface area contributed by atoms with Crippen LogP contribution in [0.2, 0.25) is 20.1 Å². The van der Waals surface area contributed by atoms with Gasteiger partial charge in [-0.15, -0.1) is 0 Å². The first kappa shape index (κ1) is 24.0. The fraction of sp³-hybridized carbons (Fsp3) is 0.0833. The van der Waals surface area contributed by atoms with Crippen molar-refractivity contribution in [2.24, 2.45) is 0 Å². The number of carbonyl (C=O) groups excluding carboxylic acids is 1. The van der Waals surface area contributed by atoms with Gasteiger partial charge in [-0.2, -0.15) is 0 Å². The number of halogens is 4. The Labute approximate surface area is 210 Å². The number of aromatic nitrogens is 1. The Morgan fingerprint density at radius 2 is 1.36 bits per heavy atom. The first-order valence-electron chi connectivity index (χ1n) is 9.65. The Kier molecular flexibility index (Phi) is 6.47. The third-order valence-electron chi connectivity index (χ3n) is 5.34. The quantitative estimate of drug-likeness (QED) is 0.235. The number of hydrogen-bond donors (Lipinski definition) is 0. The molecule has 9 heteroatoms. The van der Waals surface area contributed by atoms with Crippen molar-refractivity contribution in [3.8, 4) is 11.3 Å². The van der Waals surface area contributed by atoms with E-state index in [9.17, 15) is 9.00 Å². The number of ketones is 1. The number of rotatable bonds is 6. The molecule has 0 fully saturated rings. The van der Waals surface area contributed by atoms with Crippen molar-refractivity contribution in [2.45, 2.75) is 9.79 Å². The van der Waals surface area contributed by atoms with Crippen molar-refractivity contribution in [3.63, 3.8) is 0 Å². The molecule has 4 nitrogen and oxygen atoms in total. The normalized spacial score (nSPS) is 12.8. The van der Waals surface area contributed by atoms with Crippen LogP contribution in [0.1, 0.15) is 10.5 Å². The van der Waals surface area contributed by atoms with Gasteiger partial charge in [-0.1, -0.05) is 51.6 Å². The van der Waals surface area contributed by atoms with Crippen LogP contribution in [-0.2, 0) is 9.07 Å². The summed E-state index contributed by atoms with van der Waals surface area (Å²) in [6.07, 6.45) is 1.58. The van der Waals surface area contributed by atoms with Gasteiger partial charge < -0.3 is 4.52 Å². The summed E-state index contributed by atoms with van der Waals surface area (Å²) in [6, 6.07) is 19.7. The van der Waals surface area contributed by atoms with E-state index in [1.165, 1.54) is 6.07 Å². The van der Waals surface area contributed by atoms with E-state index in [4.69, 9.17) is 50.9 Å². The van der Waals surface area contributed by atoms with Gasteiger partial charge in [0.25, 0.3) is 0 Å². The molecule has 4 aromatic rings. The van der Waals surface area contributed by atoms with E-state index < -0.39 is 14.8 Å². The summed E-state index contributed by atoms with van der Waals surface area (Å²) in [6.45, 7) is 0. The van der Waals surface area contributed by atoms with E-state index >= 15 is 0 Å². The van der Waals surface area contributed by atoms with E-state index in [0.717, 1.165) is 0 Å². The second-order valence-electron chi connectivity index (χ2n) is 7.72. The van der Waals surface area contributed by atoms with Crippen LogP contribution in [0.25, 0.3) is 11.3 Å². The van der Waals surface area contributed by atoms with Gasteiger partial charge in [0.05, 0.1) is 15.8 Å². The maximum absolute atomic E-state index is 14.8. The van der Waals surface area contributed by atoms with Gasteiger partial charge in [0.15, 0.2) is 17.2 Å². The minimum absolute atomic E-state index is 0.0553. The number of hydrogen-bond acceptors (Lipinski definition) is 4. The summed E-state index contributed by atoms with van der Waals surface area (Å²) in [4.78, 5) is 14.3. The van der Waals surface area contributed by atoms with Gasteiger partial charge in [-0.3, -0.25) is 9.00 Å². The fourth-order valence-corrected chi connectivity index (χ4v) is 7.10. The highest BCUT2D eigenvalue weighted by Gasteiger charge is 2.39. The Morgan fingerprint density at radius 1 is 0.818 bits per heavy atom. The largest absolute Gasteiger partial charge is 0.356 e. The van der Waals surface area contributed by atoms with Crippen LogP contribution < -0.4 is 0 Å². The molecule has 1 heterocycles. The van der Waals surface area contributed by atoms with Crippen LogP contribution in [0, 0.1) is 0 Å². The molecule has 0 spiro atoms. The van der Waals surface area contributed by atoms with Gasteiger partial charge >= 0.3 is 0 Å². The maximum atomic E-state index is 14.8. The van der Waals surface area contributed by atoms with Gasteiger partial charge in [-0.05, 0) is 75.8 Å². The summed E-state index contributed by atoms with van der Waals surface area (Å²) in [5.41, 5.74) is 0.667. The van der Waals surface area contributed by atoms with Crippen LogP contribution in [0.3, 0.4) is 0 Å². The third-order valence-corrected chi connectivity index (χ3v) is 10.5. The molecule has 4 rings (SSSR count). The number of benzene rings is 3. The molecule has 0 bridgehead atoms. The van der Waals surface area contributed by atoms with Crippen molar-refractivity contribution >= 4 is 61.3 Å². The Morgan fingerprint density at radius 3 is 1.88 bits per heavy atom. The van der Waals surface area contributed by atoms with Crippen molar-refractivity contribution < 1.29 is 13.5 Å². The first-order chi connectivity index (χ1) is 15.6. The molecule has 0 saturated carbocycles. The summed E-state index contributed by atoms with van der Waals surface area (Å²) in [5.74, 6) is -0.405. The topological polar surface area (TPSA) is 60.2 Å². The van der Waals surface area contributed by atoms with E-state index in [2.05, 4.69) is 5.16 Å². The van der Waals surface area contributed by atoms with Gasteiger partial charge in [-0.25, -0.2) is 0 Å². The third kappa shape index (κ3) is 4.75. The second-order valence-corrected chi connectivity index (χ2v) is 13.7. The molecule has 0 N–H and O–H groups in total. The zero-order chi connectivity index (χ0) is 23.8. The lowest BCUT2D eigenvalue weighted by Crippen LogP contribution is -2.39. The van der Waals surface area contributed by atoms with Crippen molar-refractivity contribution in [2.75, 3.05) is 12.0 Å². The Balaban J connectivity index is 1.74. The summed E-state index contributed by atoms with van der Waals surface area (Å²) < 4.78 is 20.1. The van der Waals surface area contributed by atoms with E-state index in [-0.39, 0.29) is 11.4 Å². The minimum Gasteiger partial charge on any atom is -0.356 e. The molecular formula is C24H17Cl4NO3S. The molecule has 33 heavy (non-hydrogen) atoms. The molecule has 1 aromatic heterocycles. The highest BCUT2D eigenvalue weighted by atomic mass is 35.5. The number of Topliss-reactive ketones (excluding diaryl/α,β-unsaturated/α-hetero) is 1. The predicted octanol–water partition coefficient (Wildman–Crippen LogP) is 7.71. The highest BCUT2D eigenvalue weighted by Crippen LogP contribution is 2.42. The fourth-order valence-electron chi connectivity index (χ4n) is 3.47. The first-order valence-corrected chi connectivity index (χ1v) is 13.7. The molecule has 0 atom stereocenters. The maximum Gasteiger partial charge on any atom is 0.196 e. The molecule has 0 aliphatic rings. The van der Waals surface area contributed by atoms with E-state index in [1.807, 2.05) is 0 Å². The zero-order valence-electron chi connectivity index (χ0n) is 17.2. The molecule has 170 valence electrons. The summed E-state index contributed by atoms with van der Waals surface area (Å²) in [5, 5.41) is 5.66. The lowest BCUT2D eigenvalue weighted by atomic mass is 10.1. The molecule has 0 aliphatic carbocycles. The van der Waals surface area contributed by atoms with Crippen LogP contribution >= 0.6 is 46.4 Å². The highest BCUT2D eigenvalue weighted by molar-refractivity contribution is 8.20. The average Bonchev–Trinajstić information content (AvgIpc) is 3.27. The van der Waals surface area contributed by atoms with Crippen LogP contribution in [-0.4, -0.2) is 27.2 Å². The minimum atomic E-state index is -3.90. The summed E-state index contributed by atoms with van der Waals surface area (Å²) >= 11 is 24.1. The lowest BCUT2D eigenvalue weighted by molar-refractivity contribution is 0.101. The van der Waals surface area contributed by atoms with Gasteiger partial charge in [0.1, 0.15) is 0 Å². The Hall–Kier alpha value is -2.15. The van der Waals surface area contributed by atoms with Gasteiger partial charge in [0.2, 0.25) is 0 Å². The SMILES string of the molecule is CS(=O)(CC(=O)c1cc(-c2ccc(Cl)c(Cl)c2)on1)(c1ccc(Cl)cc1)c1ccc(Cl)cc1. The second kappa shape index (κ2) is 8.90. The molecule has 0 radical (unpaired) electrons. The molecule has 0 unspecified atom stereocenters. The van der Waals surface area contributed by atoms with Gasteiger partial charge in [0, 0.05) is 37.7 Å². The molecule has 0 aliphatic heterocycles. The smallest absolute Gasteiger partial charge is 0.196 e.